The normalized spacial score (nSPS) is 17.6. The van der Waals surface area contributed by atoms with Crippen molar-refractivity contribution in [3.8, 4) is 5.75 Å². The Kier molecular flexibility index (Phi) is 6.77. The fourth-order valence-electron chi connectivity index (χ4n) is 1.75. The van der Waals surface area contributed by atoms with E-state index in [0.717, 1.165) is 33.6 Å². The van der Waals surface area contributed by atoms with Crippen LogP contribution in [0.3, 0.4) is 0 Å². The first-order valence-electron chi connectivity index (χ1n) is 7.25. The number of hydrogen-bond acceptors (Lipinski definition) is 7. The van der Waals surface area contributed by atoms with Crippen molar-refractivity contribution < 1.29 is 19.1 Å². The molecule has 1 fully saturated rings. The highest BCUT2D eigenvalue weighted by Gasteiger charge is 2.24. The predicted molar refractivity (Wildman–Crippen MR) is 101 cm³/mol. The Morgan fingerprint density at radius 1 is 1.40 bits per heavy atom. The van der Waals surface area contributed by atoms with Crippen molar-refractivity contribution in [3.05, 3.63) is 39.2 Å². The zero-order chi connectivity index (χ0) is 18.4. The average Bonchev–Trinajstić information content (AvgIpc) is 2.89. The van der Waals surface area contributed by atoms with Gasteiger partial charge in [-0.3, -0.25) is 10.1 Å². The first kappa shape index (κ1) is 19.2. The molecule has 0 radical (unpaired) electrons. The molecular weight excluding hydrogens is 410 g/mol. The summed E-state index contributed by atoms with van der Waals surface area (Å²) in [5.41, 5.74) is 0.780. The molecule has 1 saturated heterocycles. The maximum Gasteiger partial charge on any atom is 0.331 e. The Hall–Kier alpha value is -2.13. The zero-order valence-corrected chi connectivity index (χ0v) is 16.2. The zero-order valence-electron chi connectivity index (χ0n) is 13.8. The Labute approximate surface area is 157 Å². The summed E-state index contributed by atoms with van der Waals surface area (Å²) in [6.07, 6.45) is 2.71. The number of halogens is 1. The van der Waals surface area contributed by atoms with Gasteiger partial charge in [-0.1, -0.05) is 15.9 Å². The minimum atomic E-state index is -0.603. The first-order valence-corrected chi connectivity index (χ1v) is 8.86. The second kappa shape index (κ2) is 8.82. The van der Waals surface area contributed by atoms with E-state index in [9.17, 15) is 9.59 Å². The van der Waals surface area contributed by atoms with Gasteiger partial charge in [-0.15, -0.1) is 5.10 Å². The summed E-state index contributed by atoms with van der Waals surface area (Å²) in [6, 6.07) is 5.54. The lowest BCUT2D eigenvalue weighted by Gasteiger charge is -2.10. The van der Waals surface area contributed by atoms with Crippen LogP contribution in [0.2, 0.25) is 0 Å². The number of ether oxygens (including phenoxy) is 2. The lowest BCUT2D eigenvalue weighted by Crippen LogP contribution is -2.19. The fourth-order valence-corrected chi connectivity index (χ4v) is 2.84. The Bertz CT molecular complexity index is 775. The van der Waals surface area contributed by atoms with Gasteiger partial charge in [0.05, 0.1) is 24.3 Å². The average molecular weight is 426 g/mol. The lowest BCUT2D eigenvalue weighted by molar-refractivity contribution is -0.135. The molecule has 1 aliphatic rings. The summed E-state index contributed by atoms with van der Waals surface area (Å²) in [5, 5.41) is 10.7. The smallest absolute Gasteiger partial charge is 0.331 e. The van der Waals surface area contributed by atoms with Gasteiger partial charge in [-0.25, -0.2) is 4.79 Å². The molecule has 2 rings (SSSR count). The number of nitrogens with zero attached hydrogens (tertiary/aromatic N) is 2. The third-order valence-electron chi connectivity index (χ3n) is 2.79. The molecule has 0 unspecified atom stereocenters. The van der Waals surface area contributed by atoms with Gasteiger partial charge in [0.1, 0.15) is 5.75 Å². The second-order valence-corrected chi connectivity index (χ2v) is 6.97. The number of carbonyl (C=O) groups is 2. The van der Waals surface area contributed by atoms with E-state index in [-0.39, 0.29) is 16.2 Å². The van der Waals surface area contributed by atoms with E-state index >= 15 is 0 Å². The van der Waals surface area contributed by atoms with E-state index < -0.39 is 11.9 Å². The minimum absolute atomic E-state index is 0.0660. The molecule has 1 N–H and O–H groups in total. The number of benzene rings is 1. The maximum atomic E-state index is 11.7. The lowest BCUT2D eigenvalue weighted by atomic mass is 10.2. The number of esters is 1. The number of rotatable bonds is 5. The number of thioether (sulfide) groups is 1. The van der Waals surface area contributed by atoms with Gasteiger partial charge in [0.15, 0.2) is 5.17 Å². The summed E-state index contributed by atoms with van der Waals surface area (Å²) < 4.78 is 11.0. The van der Waals surface area contributed by atoms with E-state index in [4.69, 9.17) is 4.74 Å². The molecule has 25 heavy (non-hydrogen) atoms. The molecule has 1 aromatic rings. The van der Waals surface area contributed by atoms with Crippen LogP contribution in [0, 0.1) is 0 Å². The Morgan fingerprint density at radius 3 is 2.84 bits per heavy atom. The van der Waals surface area contributed by atoms with Crippen molar-refractivity contribution in [3.63, 3.8) is 0 Å². The SMILES string of the molecule is COC(=O)/C=C1/S/C(=N\N=Cc2cc(OC(C)C)ccc2Br)NC1=O. The molecule has 1 heterocycles. The fraction of sp³-hybridized carbons (Fsp3) is 0.250. The number of amides is 1. The van der Waals surface area contributed by atoms with Gasteiger partial charge in [0, 0.05) is 16.1 Å². The number of nitrogens with one attached hydrogen (secondary N) is 1. The van der Waals surface area contributed by atoms with Gasteiger partial charge in [-0.05, 0) is 43.8 Å². The van der Waals surface area contributed by atoms with E-state index in [0.29, 0.717) is 0 Å². The van der Waals surface area contributed by atoms with Crippen molar-refractivity contribution in [2.75, 3.05) is 7.11 Å². The summed E-state index contributed by atoms with van der Waals surface area (Å²) in [4.78, 5) is 23.1. The monoisotopic (exact) mass is 425 g/mol. The van der Waals surface area contributed by atoms with Crippen LogP contribution < -0.4 is 10.1 Å². The molecule has 0 saturated carbocycles. The number of methoxy groups -OCH3 is 1. The molecule has 0 aromatic heterocycles. The molecule has 1 amide bonds. The molecular formula is C16H16BrN3O4S. The summed E-state index contributed by atoms with van der Waals surface area (Å²) in [5.74, 6) is -0.301. The van der Waals surface area contributed by atoms with Gasteiger partial charge in [0.25, 0.3) is 5.91 Å². The van der Waals surface area contributed by atoms with E-state index in [1.54, 1.807) is 6.21 Å². The van der Waals surface area contributed by atoms with Crippen molar-refractivity contribution in [1.82, 2.24) is 5.32 Å². The van der Waals surface area contributed by atoms with Gasteiger partial charge < -0.3 is 9.47 Å². The largest absolute Gasteiger partial charge is 0.491 e. The van der Waals surface area contributed by atoms with Crippen LogP contribution in [0.5, 0.6) is 5.75 Å². The van der Waals surface area contributed by atoms with Crippen LogP contribution in [0.4, 0.5) is 0 Å². The van der Waals surface area contributed by atoms with Crippen LogP contribution in [0.25, 0.3) is 0 Å². The molecule has 0 atom stereocenters. The highest BCUT2D eigenvalue weighted by molar-refractivity contribution is 9.10. The molecule has 1 aliphatic heterocycles. The highest BCUT2D eigenvalue weighted by Crippen LogP contribution is 2.24. The highest BCUT2D eigenvalue weighted by atomic mass is 79.9. The number of hydrogen-bond donors (Lipinski definition) is 1. The topological polar surface area (TPSA) is 89.3 Å². The number of carbonyl (C=O) groups excluding carboxylic acids is 2. The van der Waals surface area contributed by atoms with Gasteiger partial charge >= 0.3 is 5.97 Å². The van der Waals surface area contributed by atoms with Crippen LogP contribution in [0.15, 0.2) is 43.9 Å². The van der Waals surface area contributed by atoms with E-state index in [2.05, 4.69) is 36.2 Å². The number of amidine groups is 1. The molecule has 0 spiro atoms. The Balaban J connectivity index is 2.10. The molecule has 7 nitrogen and oxygen atoms in total. The summed E-state index contributed by atoms with van der Waals surface area (Å²) in [6.45, 7) is 3.89. The standard InChI is InChI=1S/C16H16BrN3O4S/c1-9(2)24-11-4-5-12(17)10(6-11)8-18-20-16-19-15(22)13(25-16)7-14(21)23-3/h4-9H,1-3H3,(H,19,20,22)/b13-7+,18-8?. The molecule has 1 aromatic carbocycles. The van der Waals surface area contributed by atoms with Crippen molar-refractivity contribution in [1.29, 1.82) is 0 Å². The van der Waals surface area contributed by atoms with Crippen molar-refractivity contribution >= 4 is 51.0 Å². The minimum Gasteiger partial charge on any atom is -0.491 e. The van der Waals surface area contributed by atoms with Crippen LogP contribution in [-0.4, -0.2) is 36.5 Å². The molecule has 132 valence electrons. The Morgan fingerprint density at radius 2 is 2.16 bits per heavy atom. The van der Waals surface area contributed by atoms with Crippen LogP contribution in [-0.2, 0) is 14.3 Å². The molecule has 0 aliphatic carbocycles. The van der Waals surface area contributed by atoms with E-state index in [1.807, 2.05) is 32.0 Å². The van der Waals surface area contributed by atoms with Gasteiger partial charge in [-0.2, -0.15) is 5.10 Å². The van der Waals surface area contributed by atoms with Crippen molar-refractivity contribution in [2.45, 2.75) is 20.0 Å². The van der Waals surface area contributed by atoms with Crippen LogP contribution >= 0.6 is 27.7 Å². The maximum absolute atomic E-state index is 11.7. The predicted octanol–water partition coefficient (Wildman–Crippen LogP) is 2.85. The molecule has 0 bridgehead atoms. The van der Waals surface area contributed by atoms with Gasteiger partial charge in [0.2, 0.25) is 0 Å². The summed E-state index contributed by atoms with van der Waals surface area (Å²) >= 11 is 4.45. The third kappa shape index (κ3) is 5.71. The second-order valence-electron chi connectivity index (χ2n) is 5.09. The molecule has 9 heteroatoms. The first-order chi connectivity index (χ1) is 11.9. The van der Waals surface area contributed by atoms with E-state index in [1.165, 1.54) is 7.11 Å². The van der Waals surface area contributed by atoms with Crippen LogP contribution in [0.1, 0.15) is 19.4 Å². The quantitative estimate of drug-likeness (QED) is 0.339. The van der Waals surface area contributed by atoms with Crippen molar-refractivity contribution in [2.24, 2.45) is 10.2 Å². The summed E-state index contributed by atoms with van der Waals surface area (Å²) in [7, 11) is 1.24. The third-order valence-corrected chi connectivity index (χ3v) is 4.41.